The summed E-state index contributed by atoms with van der Waals surface area (Å²) in [6.07, 6.45) is 1.89. The molecule has 0 saturated heterocycles. The molecular weight excluding hydrogens is 310 g/mol. The zero-order valence-corrected chi connectivity index (χ0v) is 14.5. The van der Waals surface area contributed by atoms with Crippen molar-refractivity contribution in [2.45, 2.75) is 26.2 Å². The van der Waals surface area contributed by atoms with Crippen LogP contribution in [0.4, 0.5) is 0 Å². The molecule has 1 aromatic carbocycles. The van der Waals surface area contributed by atoms with Crippen molar-refractivity contribution >= 4 is 22.9 Å². The molecule has 3 rings (SSSR count). The highest BCUT2D eigenvalue weighted by atomic mass is 35.5. The maximum absolute atomic E-state index is 6.30. The first-order valence-electron chi connectivity index (χ1n) is 7.25. The van der Waals surface area contributed by atoms with Crippen LogP contribution in [-0.4, -0.2) is 4.98 Å². The van der Waals surface area contributed by atoms with Gasteiger partial charge in [-0.3, -0.25) is 4.98 Å². The van der Waals surface area contributed by atoms with Crippen LogP contribution >= 0.6 is 22.9 Å². The highest BCUT2D eigenvalue weighted by Gasteiger charge is 2.16. The van der Waals surface area contributed by atoms with Gasteiger partial charge in [0.25, 0.3) is 0 Å². The topological polar surface area (TPSA) is 12.9 Å². The first kappa shape index (κ1) is 15.3. The molecule has 2 aromatic heterocycles. The Balaban J connectivity index is 2.00. The van der Waals surface area contributed by atoms with Gasteiger partial charge in [-0.05, 0) is 40.8 Å². The van der Waals surface area contributed by atoms with Gasteiger partial charge in [0.05, 0.1) is 0 Å². The van der Waals surface area contributed by atoms with Gasteiger partial charge in [0.2, 0.25) is 0 Å². The van der Waals surface area contributed by atoms with E-state index in [0.29, 0.717) is 0 Å². The van der Waals surface area contributed by atoms with E-state index in [9.17, 15) is 0 Å². The molecule has 0 spiro atoms. The van der Waals surface area contributed by atoms with Crippen LogP contribution < -0.4 is 0 Å². The standard InChI is InChI=1S/C19H18ClNS/c1-19(2,3)18-11-13(8-9-21-18)14-10-17(22-12-14)15-6-4-5-7-16(15)20/h4-12H,1-3H3. The lowest BCUT2D eigenvalue weighted by atomic mass is 9.90. The lowest BCUT2D eigenvalue weighted by Crippen LogP contribution is -2.13. The van der Waals surface area contributed by atoms with Crippen LogP contribution in [0.15, 0.2) is 54.0 Å². The lowest BCUT2D eigenvalue weighted by Gasteiger charge is -2.18. The number of pyridine rings is 1. The number of hydrogen-bond donors (Lipinski definition) is 0. The molecule has 3 aromatic rings. The molecule has 0 aliphatic carbocycles. The van der Waals surface area contributed by atoms with Crippen LogP contribution in [0.25, 0.3) is 21.6 Å². The fourth-order valence-corrected chi connectivity index (χ4v) is 3.56. The van der Waals surface area contributed by atoms with E-state index in [0.717, 1.165) is 16.3 Å². The van der Waals surface area contributed by atoms with Gasteiger partial charge in [-0.2, -0.15) is 0 Å². The fourth-order valence-electron chi connectivity index (χ4n) is 2.31. The highest BCUT2D eigenvalue weighted by molar-refractivity contribution is 7.14. The van der Waals surface area contributed by atoms with Gasteiger partial charge in [0.15, 0.2) is 0 Å². The molecule has 112 valence electrons. The van der Waals surface area contributed by atoms with Gasteiger partial charge in [0.1, 0.15) is 0 Å². The average Bonchev–Trinajstić information content (AvgIpc) is 2.97. The van der Waals surface area contributed by atoms with E-state index in [2.05, 4.69) is 55.4 Å². The molecule has 0 amide bonds. The molecule has 22 heavy (non-hydrogen) atoms. The van der Waals surface area contributed by atoms with Crippen LogP contribution in [0.3, 0.4) is 0 Å². The third-order valence-electron chi connectivity index (χ3n) is 3.60. The van der Waals surface area contributed by atoms with Crippen molar-refractivity contribution in [3.63, 3.8) is 0 Å². The molecule has 0 radical (unpaired) electrons. The number of benzene rings is 1. The van der Waals surface area contributed by atoms with Crippen molar-refractivity contribution in [3.05, 3.63) is 64.8 Å². The molecule has 0 unspecified atom stereocenters. The van der Waals surface area contributed by atoms with Crippen molar-refractivity contribution in [3.8, 4) is 21.6 Å². The number of thiophene rings is 1. The third kappa shape index (κ3) is 3.08. The van der Waals surface area contributed by atoms with E-state index in [-0.39, 0.29) is 5.41 Å². The van der Waals surface area contributed by atoms with Gasteiger partial charge < -0.3 is 0 Å². The number of nitrogens with zero attached hydrogens (tertiary/aromatic N) is 1. The molecule has 3 heteroatoms. The van der Waals surface area contributed by atoms with Crippen LogP contribution in [-0.2, 0) is 5.41 Å². The monoisotopic (exact) mass is 327 g/mol. The van der Waals surface area contributed by atoms with Gasteiger partial charge in [-0.1, -0.05) is 50.6 Å². The van der Waals surface area contributed by atoms with E-state index in [1.165, 1.54) is 16.0 Å². The molecule has 2 heterocycles. The third-order valence-corrected chi connectivity index (χ3v) is 4.89. The van der Waals surface area contributed by atoms with Crippen molar-refractivity contribution in [2.24, 2.45) is 0 Å². The van der Waals surface area contributed by atoms with E-state index in [4.69, 9.17) is 11.6 Å². The predicted molar refractivity (Wildman–Crippen MR) is 96.7 cm³/mol. The van der Waals surface area contributed by atoms with E-state index in [1.54, 1.807) is 11.3 Å². The van der Waals surface area contributed by atoms with E-state index >= 15 is 0 Å². The first-order valence-corrected chi connectivity index (χ1v) is 8.51. The number of halogens is 1. The lowest BCUT2D eigenvalue weighted by molar-refractivity contribution is 0.569. The minimum atomic E-state index is 0.0532. The van der Waals surface area contributed by atoms with Crippen molar-refractivity contribution in [1.29, 1.82) is 0 Å². The molecule has 0 aliphatic heterocycles. The van der Waals surface area contributed by atoms with Crippen molar-refractivity contribution in [1.82, 2.24) is 4.98 Å². The van der Waals surface area contributed by atoms with Crippen LogP contribution in [0.1, 0.15) is 26.5 Å². The zero-order chi connectivity index (χ0) is 15.7. The normalized spacial score (nSPS) is 11.6. The Kier molecular flexibility index (Phi) is 4.07. The Morgan fingerprint density at radius 1 is 1.00 bits per heavy atom. The number of hydrogen-bond acceptors (Lipinski definition) is 2. The van der Waals surface area contributed by atoms with Gasteiger partial charge in [0, 0.05) is 32.8 Å². The predicted octanol–water partition coefficient (Wildman–Crippen LogP) is 6.43. The van der Waals surface area contributed by atoms with Gasteiger partial charge in [-0.25, -0.2) is 0 Å². The maximum atomic E-state index is 6.30. The summed E-state index contributed by atoms with van der Waals surface area (Å²) in [6, 6.07) is 14.4. The first-order chi connectivity index (χ1) is 10.4. The summed E-state index contributed by atoms with van der Waals surface area (Å²) in [5.41, 5.74) is 4.67. The number of rotatable bonds is 2. The minimum Gasteiger partial charge on any atom is -0.261 e. The summed E-state index contributed by atoms with van der Waals surface area (Å²) in [5, 5.41) is 2.97. The molecule has 1 nitrogen and oxygen atoms in total. The van der Waals surface area contributed by atoms with Gasteiger partial charge >= 0.3 is 0 Å². The van der Waals surface area contributed by atoms with Crippen LogP contribution in [0.5, 0.6) is 0 Å². The zero-order valence-electron chi connectivity index (χ0n) is 12.9. The summed E-state index contributed by atoms with van der Waals surface area (Å²) in [7, 11) is 0. The average molecular weight is 328 g/mol. The Bertz CT molecular complexity index is 799. The van der Waals surface area contributed by atoms with Gasteiger partial charge in [-0.15, -0.1) is 11.3 Å². The second kappa shape index (κ2) is 5.86. The Morgan fingerprint density at radius 2 is 1.77 bits per heavy atom. The molecule has 0 saturated carbocycles. The molecule has 0 aliphatic rings. The summed E-state index contributed by atoms with van der Waals surface area (Å²) in [5.74, 6) is 0. The Labute approximate surface area is 140 Å². The fraction of sp³-hybridized carbons (Fsp3) is 0.211. The Morgan fingerprint density at radius 3 is 2.50 bits per heavy atom. The molecule has 0 atom stereocenters. The summed E-state index contributed by atoms with van der Waals surface area (Å²) in [6.45, 7) is 6.55. The summed E-state index contributed by atoms with van der Waals surface area (Å²) < 4.78 is 0. The van der Waals surface area contributed by atoms with Crippen LogP contribution in [0.2, 0.25) is 5.02 Å². The largest absolute Gasteiger partial charge is 0.261 e. The SMILES string of the molecule is CC(C)(C)c1cc(-c2csc(-c3ccccc3Cl)c2)ccn1. The minimum absolute atomic E-state index is 0.0532. The smallest absolute Gasteiger partial charge is 0.0492 e. The highest BCUT2D eigenvalue weighted by Crippen LogP contribution is 2.36. The second-order valence-corrected chi connectivity index (χ2v) is 7.68. The maximum Gasteiger partial charge on any atom is 0.0492 e. The van der Waals surface area contributed by atoms with E-state index in [1.807, 2.05) is 24.4 Å². The quantitative estimate of drug-likeness (QED) is 0.528. The van der Waals surface area contributed by atoms with Crippen molar-refractivity contribution < 1.29 is 0 Å². The van der Waals surface area contributed by atoms with E-state index < -0.39 is 0 Å². The molecular formula is C19H18ClNS. The summed E-state index contributed by atoms with van der Waals surface area (Å²) in [4.78, 5) is 5.69. The molecule has 0 fully saturated rings. The molecule has 0 N–H and O–H groups in total. The van der Waals surface area contributed by atoms with Crippen molar-refractivity contribution in [2.75, 3.05) is 0 Å². The summed E-state index contributed by atoms with van der Waals surface area (Å²) >= 11 is 8.02. The van der Waals surface area contributed by atoms with Crippen LogP contribution in [0, 0.1) is 0 Å². The number of aromatic nitrogens is 1. The molecule has 0 bridgehead atoms. The Hall–Kier alpha value is -1.64. The second-order valence-electron chi connectivity index (χ2n) is 6.36.